The number of hydrogen-bond donors (Lipinski definition) is 0. The van der Waals surface area contributed by atoms with Crippen LogP contribution < -0.4 is 4.90 Å². The van der Waals surface area contributed by atoms with Gasteiger partial charge in [0.15, 0.2) is 0 Å². The third-order valence-electron chi connectivity index (χ3n) is 4.57. The van der Waals surface area contributed by atoms with Crippen LogP contribution in [0, 0.1) is 6.92 Å². The molecule has 0 spiro atoms. The predicted molar refractivity (Wildman–Crippen MR) is 92.2 cm³/mol. The van der Waals surface area contributed by atoms with Crippen LogP contribution in [0.2, 0.25) is 5.02 Å². The second-order valence-electron chi connectivity index (χ2n) is 5.93. The van der Waals surface area contributed by atoms with E-state index in [0.29, 0.717) is 29.2 Å². The first kappa shape index (κ1) is 16.5. The second kappa shape index (κ2) is 6.28. The van der Waals surface area contributed by atoms with Crippen LogP contribution in [0.25, 0.3) is 0 Å². The fourth-order valence-corrected chi connectivity index (χ4v) is 3.21. The first-order chi connectivity index (χ1) is 11.4. The van der Waals surface area contributed by atoms with Gasteiger partial charge in [0, 0.05) is 26.3 Å². The van der Waals surface area contributed by atoms with Crippen molar-refractivity contribution in [2.75, 3.05) is 18.5 Å². The van der Waals surface area contributed by atoms with Gasteiger partial charge in [-0.25, -0.2) is 0 Å². The van der Waals surface area contributed by atoms with E-state index in [-0.39, 0.29) is 11.8 Å². The Morgan fingerprint density at radius 2 is 2.08 bits per heavy atom. The minimum Gasteiger partial charge on any atom is -0.329 e. The third-order valence-corrected chi connectivity index (χ3v) is 4.89. The number of aryl methyl sites for hydroxylation is 1. The molecule has 1 aromatic carbocycles. The molecule has 1 saturated heterocycles. The van der Waals surface area contributed by atoms with Crippen LogP contribution >= 0.6 is 11.6 Å². The average Bonchev–Trinajstić information content (AvgIpc) is 3.10. The highest BCUT2D eigenvalue weighted by Gasteiger charge is 2.38. The Morgan fingerprint density at radius 1 is 1.38 bits per heavy atom. The lowest BCUT2D eigenvalue weighted by molar-refractivity contribution is -0.120. The Bertz CT molecular complexity index is 802. The van der Waals surface area contributed by atoms with Gasteiger partial charge in [0.1, 0.15) is 6.04 Å². The van der Waals surface area contributed by atoms with Crippen molar-refractivity contribution in [1.29, 1.82) is 0 Å². The van der Waals surface area contributed by atoms with Gasteiger partial charge in [-0.2, -0.15) is 5.10 Å². The number of halogens is 1. The van der Waals surface area contributed by atoms with E-state index >= 15 is 0 Å². The molecule has 1 aromatic heterocycles. The van der Waals surface area contributed by atoms with E-state index in [2.05, 4.69) is 5.10 Å². The zero-order valence-electron chi connectivity index (χ0n) is 13.9. The van der Waals surface area contributed by atoms with E-state index in [0.717, 1.165) is 5.69 Å². The molecule has 1 atom stereocenters. The molecule has 0 aliphatic carbocycles. The number of carbonyl (C=O) groups excluding carboxylic acids is 2. The topological polar surface area (TPSA) is 58.4 Å². The molecule has 3 rings (SSSR count). The van der Waals surface area contributed by atoms with Crippen LogP contribution in [-0.4, -0.2) is 46.1 Å². The van der Waals surface area contributed by atoms with Crippen LogP contribution in [0.15, 0.2) is 30.5 Å². The molecule has 0 radical (unpaired) electrons. The van der Waals surface area contributed by atoms with Crippen molar-refractivity contribution in [2.24, 2.45) is 7.05 Å². The molecule has 2 aromatic rings. The van der Waals surface area contributed by atoms with Crippen LogP contribution in [0.4, 0.5) is 5.69 Å². The van der Waals surface area contributed by atoms with E-state index in [4.69, 9.17) is 11.6 Å². The van der Waals surface area contributed by atoms with Gasteiger partial charge in [0.2, 0.25) is 5.91 Å². The van der Waals surface area contributed by atoms with E-state index < -0.39 is 6.04 Å². The summed E-state index contributed by atoms with van der Waals surface area (Å²) in [5.74, 6) is -0.305. The lowest BCUT2D eigenvalue weighted by Gasteiger charge is -2.24. The zero-order chi connectivity index (χ0) is 17.4. The fraction of sp³-hybridized carbons (Fsp3) is 0.353. The number of amides is 2. The standard InChI is InChI=1S/C17H19ClN4O2/c1-11-12(10-19-21(11)3)16(23)20(2)15-8-9-22(17(15)24)14-7-5-4-6-13(14)18/h4-7,10,15H,8-9H2,1-3H3. The molecule has 1 aliphatic heterocycles. The van der Waals surface area contributed by atoms with Crippen molar-refractivity contribution in [1.82, 2.24) is 14.7 Å². The summed E-state index contributed by atoms with van der Waals surface area (Å²) >= 11 is 6.19. The highest BCUT2D eigenvalue weighted by atomic mass is 35.5. The smallest absolute Gasteiger partial charge is 0.257 e. The Hall–Kier alpha value is -2.34. The van der Waals surface area contributed by atoms with E-state index in [1.54, 1.807) is 35.9 Å². The minimum absolute atomic E-state index is 0.111. The fourth-order valence-electron chi connectivity index (χ4n) is 2.97. The summed E-state index contributed by atoms with van der Waals surface area (Å²) in [6.07, 6.45) is 2.12. The SMILES string of the molecule is Cc1c(C(=O)N(C)C2CCN(c3ccccc3Cl)C2=O)cnn1C. The first-order valence-corrected chi connectivity index (χ1v) is 8.11. The van der Waals surface area contributed by atoms with Gasteiger partial charge in [-0.1, -0.05) is 23.7 Å². The normalized spacial score (nSPS) is 17.4. The summed E-state index contributed by atoms with van der Waals surface area (Å²) in [7, 11) is 3.44. The summed E-state index contributed by atoms with van der Waals surface area (Å²) in [5.41, 5.74) is 1.98. The van der Waals surface area contributed by atoms with Crippen molar-refractivity contribution in [3.05, 3.63) is 46.7 Å². The molecule has 2 heterocycles. The van der Waals surface area contributed by atoms with Crippen molar-refractivity contribution in [3.63, 3.8) is 0 Å². The molecule has 0 saturated carbocycles. The molecule has 0 bridgehead atoms. The molecule has 1 aliphatic rings. The summed E-state index contributed by atoms with van der Waals surface area (Å²) in [4.78, 5) is 28.6. The van der Waals surface area contributed by atoms with Crippen LogP contribution in [0.1, 0.15) is 22.5 Å². The number of hydrogen-bond acceptors (Lipinski definition) is 3. The molecular weight excluding hydrogens is 328 g/mol. The molecule has 0 N–H and O–H groups in total. The predicted octanol–water partition coefficient (Wildman–Crippen LogP) is 2.26. The highest BCUT2D eigenvalue weighted by molar-refractivity contribution is 6.34. The number of anilines is 1. The van der Waals surface area contributed by atoms with Gasteiger partial charge in [0.05, 0.1) is 22.5 Å². The third kappa shape index (κ3) is 2.67. The maximum absolute atomic E-state index is 12.8. The Morgan fingerprint density at radius 3 is 2.71 bits per heavy atom. The molecule has 2 amide bonds. The number of carbonyl (C=O) groups is 2. The maximum atomic E-state index is 12.8. The van der Waals surface area contributed by atoms with Gasteiger partial charge in [0.25, 0.3) is 5.91 Å². The number of likely N-dealkylation sites (N-methyl/N-ethyl adjacent to an activating group) is 1. The number of para-hydroxylation sites is 1. The number of benzene rings is 1. The lowest BCUT2D eigenvalue weighted by atomic mass is 10.1. The summed E-state index contributed by atoms with van der Waals surface area (Å²) < 4.78 is 1.65. The Kier molecular flexibility index (Phi) is 4.32. The van der Waals surface area contributed by atoms with Gasteiger partial charge >= 0.3 is 0 Å². The van der Waals surface area contributed by atoms with Gasteiger partial charge in [-0.05, 0) is 25.5 Å². The van der Waals surface area contributed by atoms with E-state index in [9.17, 15) is 9.59 Å². The summed E-state index contributed by atoms with van der Waals surface area (Å²) in [6, 6.07) is 6.75. The number of nitrogens with zero attached hydrogens (tertiary/aromatic N) is 4. The van der Waals surface area contributed by atoms with Crippen molar-refractivity contribution in [3.8, 4) is 0 Å². The van der Waals surface area contributed by atoms with Crippen molar-refractivity contribution in [2.45, 2.75) is 19.4 Å². The molecule has 24 heavy (non-hydrogen) atoms. The van der Waals surface area contributed by atoms with Crippen LogP contribution in [-0.2, 0) is 11.8 Å². The van der Waals surface area contributed by atoms with E-state index in [1.807, 2.05) is 25.1 Å². The van der Waals surface area contributed by atoms with Crippen molar-refractivity contribution < 1.29 is 9.59 Å². The van der Waals surface area contributed by atoms with Gasteiger partial charge < -0.3 is 9.80 Å². The molecule has 6 nitrogen and oxygen atoms in total. The summed E-state index contributed by atoms with van der Waals surface area (Å²) in [6.45, 7) is 2.37. The Balaban J connectivity index is 1.81. The zero-order valence-corrected chi connectivity index (χ0v) is 14.6. The van der Waals surface area contributed by atoms with Gasteiger partial charge in [-0.15, -0.1) is 0 Å². The van der Waals surface area contributed by atoms with Gasteiger partial charge in [-0.3, -0.25) is 14.3 Å². The minimum atomic E-state index is -0.492. The first-order valence-electron chi connectivity index (χ1n) is 7.73. The molecule has 126 valence electrons. The monoisotopic (exact) mass is 346 g/mol. The molecule has 1 unspecified atom stereocenters. The highest BCUT2D eigenvalue weighted by Crippen LogP contribution is 2.30. The lowest BCUT2D eigenvalue weighted by Crippen LogP contribution is -2.43. The van der Waals surface area contributed by atoms with Crippen LogP contribution in [0.5, 0.6) is 0 Å². The average molecular weight is 347 g/mol. The van der Waals surface area contributed by atoms with E-state index in [1.165, 1.54) is 4.90 Å². The molecular formula is C17H19ClN4O2. The molecule has 7 heteroatoms. The molecule has 1 fully saturated rings. The Labute approximate surface area is 145 Å². The quantitative estimate of drug-likeness (QED) is 0.856. The largest absolute Gasteiger partial charge is 0.329 e. The maximum Gasteiger partial charge on any atom is 0.257 e. The second-order valence-corrected chi connectivity index (χ2v) is 6.34. The van der Waals surface area contributed by atoms with Crippen molar-refractivity contribution >= 4 is 29.1 Å². The van der Waals surface area contributed by atoms with Crippen LogP contribution in [0.3, 0.4) is 0 Å². The number of aromatic nitrogens is 2. The number of rotatable bonds is 3. The summed E-state index contributed by atoms with van der Waals surface area (Å²) in [5, 5.41) is 4.63.